The van der Waals surface area contributed by atoms with Gasteiger partial charge in [0.05, 0.1) is 17.9 Å². The van der Waals surface area contributed by atoms with Crippen molar-refractivity contribution < 1.29 is 0 Å². The lowest BCUT2D eigenvalue weighted by Crippen LogP contribution is -2.18. The second kappa shape index (κ2) is 7.54. The zero-order chi connectivity index (χ0) is 20.7. The van der Waals surface area contributed by atoms with Crippen LogP contribution in [0, 0.1) is 6.92 Å². The molecule has 0 aliphatic carbocycles. The van der Waals surface area contributed by atoms with Crippen molar-refractivity contribution >= 4 is 0 Å². The van der Waals surface area contributed by atoms with Crippen molar-refractivity contribution in [2.45, 2.75) is 18.9 Å². The first-order valence-electron chi connectivity index (χ1n) is 10.3. The molecule has 30 heavy (non-hydrogen) atoms. The van der Waals surface area contributed by atoms with E-state index in [1.165, 1.54) is 11.1 Å². The monoisotopic (exact) mass is 398 g/mol. The van der Waals surface area contributed by atoms with E-state index >= 15 is 0 Å². The van der Waals surface area contributed by atoms with E-state index in [1.54, 1.807) is 0 Å². The molecule has 2 atom stereocenters. The summed E-state index contributed by atoms with van der Waals surface area (Å²) < 4.78 is 4.00. The van der Waals surface area contributed by atoms with Gasteiger partial charge in [0.25, 0.3) is 0 Å². The Morgan fingerprint density at radius 3 is 2.67 bits per heavy atom. The molecule has 0 unspecified atom stereocenters. The van der Waals surface area contributed by atoms with Gasteiger partial charge < -0.3 is 4.90 Å². The first-order chi connectivity index (χ1) is 14.6. The van der Waals surface area contributed by atoms with Gasteiger partial charge in [-0.2, -0.15) is 10.2 Å². The van der Waals surface area contributed by atoms with Crippen LogP contribution in [0.4, 0.5) is 0 Å². The first-order valence-corrected chi connectivity index (χ1v) is 10.3. The molecule has 1 aliphatic heterocycles. The Morgan fingerprint density at radius 2 is 1.87 bits per heavy atom. The molecule has 4 aromatic rings. The van der Waals surface area contributed by atoms with Crippen molar-refractivity contribution in [3.8, 4) is 22.4 Å². The maximum atomic E-state index is 4.95. The van der Waals surface area contributed by atoms with Crippen molar-refractivity contribution in [2.24, 2.45) is 7.05 Å². The summed E-state index contributed by atoms with van der Waals surface area (Å²) in [4.78, 5) is 6.69. The number of hydrogen-bond donors (Lipinski definition) is 0. The summed E-state index contributed by atoms with van der Waals surface area (Å²) in [7, 11) is 4.14. The van der Waals surface area contributed by atoms with E-state index in [4.69, 9.17) is 5.10 Å². The van der Waals surface area contributed by atoms with Crippen LogP contribution in [-0.4, -0.2) is 49.6 Å². The minimum Gasteiger partial charge on any atom is -0.304 e. The van der Waals surface area contributed by atoms with Gasteiger partial charge in [0.15, 0.2) is 0 Å². The zero-order valence-corrected chi connectivity index (χ0v) is 17.6. The topological polar surface area (TPSA) is 51.8 Å². The highest BCUT2D eigenvalue weighted by Gasteiger charge is 2.34. The summed E-state index contributed by atoms with van der Waals surface area (Å²) in [5, 5.41) is 9.27. The fraction of sp³-hybridized carbons (Fsp3) is 0.292. The van der Waals surface area contributed by atoms with Crippen molar-refractivity contribution in [1.82, 2.24) is 29.4 Å². The van der Waals surface area contributed by atoms with E-state index < -0.39 is 0 Å². The van der Waals surface area contributed by atoms with Crippen LogP contribution < -0.4 is 0 Å². The van der Waals surface area contributed by atoms with Crippen molar-refractivity contribution in [3.05, 3.63) is 78.5 Å². The second-order valence-electron chi connectivity index (χ2n) is 8.29. The van der Waals surface area contributed by atoms with Gasteiger partial charge in [-0.15, -0.1) is 0 Å². The summed E-state index contributed by atoms with van der Waals surface area (Å²) in [6.07, 6.45) is 7.95. The Bertz CT molecular complexity index is 1170. The van der Waals surface area contributed by atoms with Crippen molar-refractivity contribution in [1.29, 1.82) is 0 Å². The molecular formula is C24H26N6. The van der Waals surface area contributed by atoms with Crippen LogP contribution in [-0.2, 0) is 7.05 Å². The molecule has 1 aromatic carbocycles. The average Bonchev–Trinajstić information content (AvgIpc) is 3.47. The van der Waals surface area contributed by atoms with Gasteiger partial charge in [0.2, 0.25) is 0 Å². The molecule has 152 valence electrons. The number of pyridine rings is 1. The van der Waals surface area contributed by atoms with Crippen molar-refractivity contribution in [2.75, 3.05) is 20.1 Å². The van der Waals surface area contributed by atoms with Gasteiger partial charge in [0.1, 0.15) is 0 Å². The molecule has 6 nitrogen and oxygen atoms in total. The number of likely N-dealkylation sites (tertiary alicyclic amines) is 1. The normalized spacial score (nSPS) is 19.4. The van der Waals surface area contributed by atoms with Crippen LogP contribution in [0.2, 0.25) is 0 Å². The minimum absolute atomic E-state index is 0.302. The number of rotatable bonds is 4. The van der Waals surface area contributed by atoms with Gasteiger partial charge in [-0.3, -0.25) is 14.3 Å². The number of nitrogens with zero attached hydrogens (tertiary/aromatic N) is 6. The molecule has 0 saturated carbocycles. The molecule has 0 amide bonds. The van der Waals surface area contributed by atoms with Gasteiger partial charge >= 0.3 is 0 Å². The van der Waals surface area contributed by atoms with Gasteiger partial charge in [-0.1, -0.05) is 24.3 Å². The van der Waals surface area contributed by atoms with E-state index in [0.29, 0.717) is 12.0 Å². The molecule has 6 heteroatoms. The van der Waals surface area contributed by atoms with Crippen LogP contribution >= 0.6 is 0 Å². The first kappa shape index (κ1) is 18.8. The van der Waals surface area contributed by atoms with Crippen LogP contribution in [0.1, 0.15) is 23.2 Å². The molecular weight excluding hydrogens is 372 g/mol. The highest BCUT2D eigenvalue weighted by atomic mass is 15.3. The average molecular weight is 399 g/mol. The maximum absolute atomic E-state index is 4.95. The third-order valence-corrected chi connectivity index (χ3v) is 5.97. The Hall–Kier alpha value is -3.25. The van der Waals surface area contributed by atoms with E-state index in [-0.39, 0.29) is 0 Å². The maximum Gasteiger partial charge on any atom is 0.0924 e. The highest BCUT2D eigenvalue weighted by molar-refractivity contribution is 5.63. The smallest absolute Gasteiger partial charge is 0.0924 e. The lowest BCUT2D eigenvalue weighted by Gasteiger charge is -2.20. The molecule has 0 radical (unpaired) electrons. The van der Waals surface area contributed by atoms with E-state index in [1.807, 2.05) is 37.1 Å². The fourth-order valence-electron chi connectivity index (χ4n) is 4.47. The third kappa shape index (κ3) is 3.55. The van der Waals surface area contributed by atoms with Gasteiger partial charge in [0, 0.05) is 61.5 Å². The van der Waals surface area contributed by atoms with Crippen molar-refractivity contribution in [3.63, 3.8) is 0 Å². The molecule has 0 N–H and O–H groups in total. The lowest BCUT2D eigenvalue weighted by atomic mass is 9.92. The number of aromatic nitrogens is 5. The Balaban J connectivity index is 1.46. The summed E-state index contributed by atoms with van der Waals surface area (Å²) in [6.45, 7) is 4.01. The zero-order valence-electron chi connectivity index (χ0n) is 17.6. The molecule has 1 aliphatic rings. The minimum atomic E-state index is 0.302. The Morgan fingerprint density at radius 1 is 0.967 bits per heavy atom. The Labute approximate surface area is 176 Å². The number of hydrogen-bond acceptors (Lipinski definition) is 4. The molecule has 0 bridgehead atoms. The molecule has 0 spiro atoms. The van der Waals surface area contributed by atoms with Gasteiger partial charge in [-0.25, -0.2) is 0 Å². The SMILES string of the molecule is Cc1cc(-c2ccn([C@@H]3CN(C)C[C@H]3c3cccc(-c4cnn(C)c4)c3)n2)ccn1. The van der Waals surface area contributed by atoms with E-state index in [0.717, 1.165) is 35.6 Å². The predicted octanol–water partition coefficient (Wildman–Crippen LogP) is 3.92. The molecule has 5 rings (SSSR count). The number of aryl methyl sites for hydroxylation is 2. The summed E-state index contributed by atoms with van der Waals surface area (Å²) in [5.41, 5.74) is 6.83. The van der Waals surface area contributed by atoms with Crippen LogP contribution in [0.5, 0.6) is 0 Å². The van der Waals surface area contributed by atoms with E-state index in [2.05, 4.69) is 75.5 Å². The second-order valence-corrected chi connectivity index (χ2v) is 8.29. The van der Waals surface area contributed by atoms with Crippen LogP contribution in [0.3, 0.4) is 0 Å². The summed E-state index contributed by atoms with van der Waals surface area (Å²) in [6, 6.07) is 15.4. The standard InChI is InChI=1S/C24H26N6/c1-17-11-20(7-9-25-17)23-8-10-30(27-23)24-16-28(2)15-22(24)19-6-4-5-18(12-19)21-13-26-29(3)14-21/h4-14,22,24H,15-16H2,1-3H3/t22-,24+/m0/s1. The number of likely N-dealkylation sites (N-methyl/N-ethyl adjacent to an activating group) is 1. The molecule has 4 heterocycles. The van der Waals surface area contributed by atoms with Crippen LogP contribution in [0.25, 0.3) is 22.4 Å². The molecule has 3 aromatic heterocycles. The number of benzene rings is 1. The van der Waals surface area contributed by atoms with Gasteiger partial charge in [-0.05, 0) is 43.3 Å². The lowest BCUT2D eigenvalue weighted by molar-refractivity contribution is 0.382. The van der Waals surface area contributed by atoms with E-state index in [9.17, 15) is 0 Å². The molecule has 1 saturated heterocycles. The van der Waals surface area contributed by atoms with Crippen LogP contribution in [0.15, 0.2) is 67.3 Å². The third-order valence-electron chi connectivity index (χ3n) is 5.97. The fourth-order valence-corrected chi connectivity index (χ4v) is 4.47. The summed E-state index contributed by atoms with van der Waals surface area (Å²) >= 11 is 0. The molecule has 1 fully saturated rings. The predicted molar refractivity (Wildman–Crippen MR) is 118 cm³/mol. The largest absolute Gasteiger partial charge is 0.304 e. The highest BCUT2D eigenvalue weighted by Crippen LogP contribution is 2.37. The Kier molecular flexibility index (Phi) is 4.71. The quantitative estimate of drug-likeness (QED) is 0.523. The summed E-state index contributed by atoms with van der Waals surface area (Å²) in [5.74, 6) is 0.388.